The predicted octanol–water partition coefficient (Wildman–Crippen LogP) is 1.68. The van der Waals surface area contributed by atoms with Gasteiger partial charge in [0.1, 0.15) is 0 Å². The maximum Gasteiger partial charge on any atom is 0.315 e. The lowest BCUT2D eigenvalue weighted by Crippen LogP contribution is -2.36. The first-order valence-corrected chi connectivity index (χ1v) is 9.08. The van der Waals surface area contributed by atoms with Crippen molar-refractivity contribution in [3.8, 4) is 0 Å². The summed E-state index contributed by atoms with van der Waals surface area (Å²) in [5.41, 5.74) is 3.13. The van der Waals surface area contributed by atoms with Gasteiger partial charge in [-0.15, -0.1) is 0 Å². The van der Waals surface area contributed by atoms with Crippen LogP contribution in [0.25, 0.3) is 0 Å². The molecule has 0 aliphatic carbocycles. The number of carbonyl (C=O) groups is 1. The number of primary sulfonamides is 1. The van der Waals surface area contributed by atoms with Crippen molar-refractivity contribution in [3.05, 3.63) is 65.2 Å². The van der Waals surface area contributed by atoms with Crippen molar-refractivity contribution < 1.29 is 13.2 Å². The van der Waals surface area contributed by atoms with Crippen LogP contribution < -0.4 is 15.8 Å². The highest BCUT2D eigenvalue weighted by molar-refractivity contribution is 7.89. The Hall–Kier alpha value is -2.38. The maximum atomic E-state index is 11.7. The van der Waals surface area contributed by atoms with E-state index in [1.54, 1.807) is 12.1 Å². The summed E-state index contributed by atoms with van der Waals surface area (Å²) in [5.74, 6) is 0. The molecule has 128 valence electrons. The third kappa shape index (κ3) is 5.68. The monoisotopic (exact) mass is 347 g/mol. The van der Waals surface area contributed by atoms with Crippen molar-refractivity contribution in [3.63, 3.8) is 0 Å². The lowest BCUT2D eigenvalue weighted by atomic mass is 10.1. The Kier molecular flexibility index (Phi) is 5.94. The van der Waals surface area contributed by atoms with Crippen LogP contribution in [-0.2, 0) is 23.0 Å². The van der Waals surface area contributed by atoms with E-state index in [1.807, 2.05) is 31.2 Å². The van der Waals surface area contributed by atoms with Gasteiger partial charge in [-0.1, -0.05) is 42.0 Å². The SMILES string of the molecule is Cc1ccc(CNC(=O)NCCc2ccc(S(N)(=O)=O)cc2)cc1. The summed E-state index contributed by atoms with van der Waals surface area (Å²) in [6.45, 7) is 2.93. The van der Waals surface area contributed by atoms with Crippen LogP contribution in [0.3, 0.4) is 0 Å². The van der Waals surface area contributed by atoms with Crippen molar-refractivity contribution in [1.82, 2.24) is 10.6 Å². The lowest BCUT2D eigenvalue weighted by Gasteiger charge is -2.08. The molecule has 4 N–H and O–H groups in total. The molecule has 0 bridgehead atoms. The number of nitrogens with one attached hydrogen (secondary N) is 2. The van der Waals surface area contributed by atoms with Gasteiger partial charge in [0.05, 0.1) is 4.90 Å². The second-order valence-corrected chi connectivity index (χ2v) is 7.10. The summed E-state index contributed by atoms with van der Waals surface area (Å²) in [5, 5.41) is 10.6. The van der Waals surface area contributed by atoms with Gasteiger partial charge in [-0.3, -0.25) is 0 Å². The Labute approximate surface area is 142 Å². The summed E-state index contributed by atoms with van der Waals surface area (Å²) >= 11 is 0. The molecule has 0 aliphatic rings. The van der Waals surface area contributed by atoms with Gasteiger partial charge in [-0.2, -0.15) is 0 Å². The fourth-order valence-corrected chi connectivity index (χ4v) is 2.63. The molecule has 2 aromatic rings. The van der Waals surface area contributed by atoms with E-state index in [1.165, 1.54) is 17.7 Å². The number of benzene rings is 2. The van der Waals surface area contributed by atoms with Crippen molar-refractivity contribution in [1.29, 1.82) is 0 Å². The zero-order chi connectivity index (χ0) is 17.6. The number of sulfonamides is 1. The summed E-state index contributed by atoms with van der Waals surface area (Å²) in [6.07, 6.45) is 0.600. The molecule has 0 saturated heterocycles. The normalized spacial score (nSPS) is 11.1. The fourth-order valence-electron chi connectivity index (χ4n) is 2.12. The van der Waals surface area contributed by atoms with Crippen LogP contribution in [0.2, 0.25) is 0 Å². The second-order valence-electron chi connectivity index (χ2n) is 5.53. The summed E-state index contributed by atoms with van der Waals surface area (Å²) in [7, 11) is -3.67. The first-order chi connectivity index (χ1) is 11.3. The van der Waals surface area contributed by atoms with E-state index >= 15 is 0 Å². The molecule has 0 aromatic heterocycles. The zero-order valence-electron chi connectivity index (χ0n) is 13.5. The number of rotatable bonds is 6. The van der Waals surface area contributed by atoms with Gasteiger partial charge in [-0.05, 0) is 36.6 Å². The van der Waals surface area contributed by atoms with Crippen LogP contribution in [0.5, 0.6) is 0 Å². The van der Waals surface area contributed by atoms with Crippen molar-refractivity contribution in [2.45, 2.75) is 24.8 Å². The molecule has 0 aliphatic heterocycles. The van der Waals surface area contributed by atoms with E-state index in [0.29, 0.717) is 19.5 Å². The van der Waals surface area contributed by atoms with E-state index in [0.717, 1.165) is 11.1 Å². The molecular weight excluding hydrogens is 326 g/mol. The van der Waals surface area contributed by atoms with Crippen molar-refractivity contribution >= 4 is 16.1 Å². The number of aryl methyl sites for hydroxylation is 1. The molecular formula is C17H21N3O3S. The molecule has 0 atom stereocenters. The number of amides is 2. The maximum absolute atomic E-state index is 11.7. The smallest absolute Gasteiger partial charge is 0.315 e. The zero-order valence-corrected chi connectivity index (χ0v) is 14.3. The van der Waals surface area contributed by atoms with Gasteiger partial charge in [0.2, 0.25) is 10.0 Å². The minimum absolute atomic E-state index is 0.0788. The van der Waals surface area contributed by atoms with Gasteiger partial charge in [-0.25, -0.2) is 18.4 Å². The second kappa shape index (κ2) is 7.94. The Morgan fingerprint density at radius 3 is 2.12 bits per heavy atom. The van der Waals surface area contributed by atoms with E-state index in [-0.39, 0.29) is 10.9 Å². The molecule has 0 radical (unpaired) electrons. The minimum Gasteiger partial charge on any atom is -0.338 e. The van der Waals surface area contributed by atoms with Gasteiger partial charge in [0, 0.05) is 13.1 Å². The van der Waals surface area contributed by atoms with E-state index in [2.05, 4.69) is 10.6 Å². The number of hydrogen-bond acceptors (Lipinski definition) is 3. The molecule has 7 heteroatoms. The average Bonchev–Trinajstić information content (AvgIpc) is 2.54. The Balaban J connectivity index is 1.73. The van der Waals surface area contributed by atoms with E-state index in [4.69, 9.17) is 5.14 Å². The molecule has 6 nitrogen and oxygen atoms in total. The Morgan fingerprint density at radius 1 is 0.958 bits per heavy atom. The topological polar surface area (TPSA) is 101 Å². The lowest BCUT2D eigenvalue weighted by molar-refractivity contribution is 0.240. The van der Waals surface area contributed by atoms with Gasteiger partial charge in [0.25, 0.3) is 0 Å². The summed E-state index contributed by atoms with van der Waals surface area (Å²) in [6, 6.07) is 14.0. The average molecular weight is 347 g/mol. The van der Waals surface area contributed by atoms with Crippen molar-refractivity contribution in [2.75, 3.05) is 6.54 Å². The molecule has 2 rings (SSSR count). The highest BCUT2D eigenvalue weighted by Gasteiger charge is 2.06. The summed E-state index contributed by atoms with van der Waals surface area (Å²) < 4.78 is 22.3. The molecule has 0 fully saturated rings. The van der Waals surface area contributed by atoms with Crippen LogP contribution in [0.1, 0.15) is 16.7 Å². The highest BCUT2D eigenvalue weighted by Crippen LogP contribution is 2.08. The molecule has 2 amide bonds. The highest BCUT2D eigenvalue weighted by atomic mass is 32.2. The molecule has 24 heavy (non-hydrogen) atoms. The fraction of sp³-hybridized carbons (Fsp3) is 0.235. The van der Waals surface area contributed by atoms with E-state index < -0.39 is 10.0 Å². The van der Waals surface area contributed by atoms with Crippen LogP contribution >= 0.6 is 0 Å². The molecule has 0 heterocycles. The van der Waals surface area contributed by atoms with E-state index in [9.17, 15) is 13.2 Å². The molecule has 0 spiro atoms. The Bertz CT molecular complexity index is 785. The minimum atomic E-state index is -3.67. The number of urea groups is 1. The molecule has 2 aromatic carbocycles. The van der Waals surface area contributed by atoms with Gasteiger partial charge in [0.15, 0.2) is 0 Å². The molecule has 0 unspecified atom stereocenters. The number of nitrogens with two attached hydrogens (primary N) is 1. The third-order valence-electron chi connectivity index (χ3n) is 3.52. The number of carbonyl (C=O) groups excluding carboxylic acids is 1. The number of hydrogen-bond donors (Lipinski definition) is 3. The summed E-state index contributed by atoms with van der Waals surface area (Å²) in [4.78, 5) is 11.8. The third-order valence-corrected chi connectivity index (χ3v) is 4.45. The first-order valence-electron chi connectivity index (χ1n) is 7.53. The quantitative estimate of drug-likeness (QED) is 0.741. The van der Waals surface area contributed by atoms with Crippen molar-refractivity contribution in [2.24, 2.45) is 5.14 Å². The van der Waals surface area contributed by atoms with Crippen LogP contribution in [0.15, 0.2) is 53.4 Å². The van der Waals surface area contributed by atoms with Gasteiger partial charge >= 0.3 is 6.03 Å². The largest absolute Gasteiger partial charge is 0.338 e. The van der Waals surface area contributed by atoms with Crippen LogP contribution in [-0.4, -0.2) is 21.0 Å². The van der Waals surface area contributed by atoms with Crippen LogP contribution in [0, 0.1) is 6.92 Å². The predicted molar refractivity (Wildman–Crippen MR) is 92.9 cm³/mol. The first kappa shape index (κ1) is 18.0. The van der Waals surface area contributed by atoms with Gasteiger partial charge < -0.3 is 10.6 Å². The Morgan fingerprint density at radius 2 is 1.54 bits per heavy atom. The molecule has 0 saturated carbocycles. The van der Waals surface area contributed by atoms with Crippen LogP contribution in [0.4, 0.5) is 4.79 Å². The standard InChI is InChI=1S/C17H21N3O3S/c1-13-2-4-15(5-3-13)12-20-17(21)19-11-10-14-6-8-16(9-7-14)24(18,22)23/h2-9H,10-12H2,1H3,(H2,18,22,23)(H2,19,20,21).